The number of amides is 1. The lowest BCUT2D eigenvalue weighted by Crippen LogP contribution is -2.40. The van der Waals surface area contributed by atoms with Crippen LogP contribution in [0.25, 0.3) is 0 Å². The second-order valence-corrected chi connectivity index (χ2v) is 7.82. The maximum absolute atomic E-state index is 11.5. The summed E-state index contributed by atoms with van der Waals surface area (Å²) < 4.78 is 5.64. The predicted molar refractivity (Wildman–Crippen MR) is 119 cm³/mol. The van der Waals surface area contributed by atoms with Crippen molar-refractivity contribution < 1.29 is 14.3 Å². The minimum absolute atomic E-state index is 0.474. The van der Waals surface area contributed by atoms with Crippen LogP contribution in [0.4, 0.5) is 0 Å². The molecular formula is C24H31N3O3. The molecule has 2 aromatic rings. The monoisotopic (exact) mass is 409 g/mol. The number of carbonyl (C=O) groups excluding carboxylic acids is 2. The van der Waals surface area contributed by atoms with Crippen LogP contribution in [0.2, 0.25) is 0 Å². The number of hydrogen-bond acceptors (Lipinski definition) is 4. The van der Waals surface area contributed by atoms with Crippen molar-refractivity contribution in [3.63, 3.8) is 0 Å². The fourth-order valence-electron chi connectivity index (χ4n) is 2.89. The molecule has 1 amide bonds. The summed E-state index contributed by atoms with van der Waals surface area (Å²) in [5.41, 5.74) is 5.69. The van der Waals surface area contributed by atoms with Crippen molar-refractivity contribution in [1.82, 2.24) is 10.4 Å². The van der Waals surface area contributed by atoms with Gasteiger partial charge in [-0.05, 0) is 56.9 Å². The molecule has 0 atom stereocenters. The molecule has 0 unspecified atom stereocenters. The number of nitrogens with one attached hydrogen (secondary N) is 1. The molecule has 0 aliphatic carbocycles. The van der Waals surface area contributed by atoms with Crippen LogP contribution < -0.4 is 10.2 Å². The van der Waals surface area contributed by atoms with E-state index >= 15 is 0 Å². The van der Waals surface area contributed by atoms with Gasteiger partial charge in [0, 0.05) is 13.5 Å². The van der Waals surface area contributed by atoms with Crippen LogP contribution in [0.15, 0.2) is 53.5 Å². The molecule has 0 saturated carbocycles. The quantitative estimate of drug-likeness (QED) is 0.265. The lowest BCUT2D eigenvalue weighted by Gasteiger charge is -2.21. The highest BCUT2D eigenvalue weighted by molar-refractivity contribution is 5.82. The molecule has 0 aromatic heterocycles. The van der Waals surface area contributed by atoms with Gasteiger partial charge in [0.05, 0.1) is 6.54 Å². The van der Waals surface area contributed by atoms with Crippen molar-refractivity contribution in [3.8, 4) is 5.75 Å². The number of nitrogens with zero attached hydrogens (tertiary/aromatic N) is 2. The van der Waals surface area contributed by atoms with E-state index in [4.69, 9.17) is 4.74 Å². The normalized spacial score (nSPS) is 11.7. The van der Waals surface area contributed by atoms with Crippen molar-refractivity contribution in [2.75, 3.05) is 7.05 Å². The smallest absolute Gasteiger partial charge is 0.228 e. The molecule has 0 bridgehead atoms. The number of ether oxygens (including phenoxy) is 1. The zero-order valence-corrected chi connectivity index (χ0v) is 18.2. The van der Waals surface area contributed by atoms with Crippen LogP contribution in [0.3, 0.4) is 0 Å². The number of aliphatic imine (C=N–C) groups is 1. The summed E-state index contributed by atoms with van der Waals surface area (Å²) in [6.07, 6.45) is 4.06. The second kappa shape index (κ2) is 11.1. The SMILES string of the molecule is CN=C(CCCc1ccc(OC(C)(C)C=O)cc1)NN(C=O)Cc1ccc(C)cc1. The molecule has 0 heterocycles. The minimum atomic E-state index is -0.831. The van der Waals surface area contributed by atoms with Crippen LogP contribution in [0.5, 0.6) is 5.75 Å². The molecule has 2 aromatic carbocycles. The average molecular weight is 410 g/mol. The topological polar surface area (TPSA) is 71.0 Å². The van der Waals surface area contributed by atoms with E-state index < -0.39 is 5.60 Å². The molecule has 0 spiro atoms. The van der Waals surface area contributed by atoms with Gasteiger partial charge in [-0.25, -0.2) is 0 Å². The van der Waals surface area contributed by atoms with Crippen molar-refractivity contribution in [1.29, 1.82) is 0 Å². The van der Waals surface area contributed by atoms with Gasteiger partial charge in [-0.3, -0.25) is 25.0 Å². The number of amidine groups is 1. The zero-order chi connectivity index (χ0) is 22.0. The Morgan fingerprint density at radius 2 is 1.70 bits per heavy atom. The van der Waals surface area contributed by atoms with E-state index in [2.05, 4.69) is 10.4 Å². The average Bonchev–Trinajstić information content (AvgIpc) is 2.74. The highest BCUT2D eigenvalue weighted by Crippen LogP contribution is 2.18. The van der Waals surface area contributed by atoms with Gasteiger partial charge in [-0.1, -0.05) is 42.0 Å². The van der Waals surface area contributed by atoms with Crippen LogP contribution in [0.1, 0.15) is 43.4 Å². The molecule has 0 saturated heterocycles. The van der Waals surface area contributed by atoms with Crippen molar-refractivity contribution in [2.45, 2.75) is 52.2 Å². The Morgan fingerprint density at radius 3 is 2.27 bits per heavy atom. The van der Waals surface area contributed by atoms with E-state index in [1.807, 2.05) is 55.5 Å². The molecule has 6 heteroatoms. The number of hydrazine groups is 1. The van der Waals surface area contributed by atoms with Crippen LogP contribution in [-0.2, 0) is 22.6 Å². The Morgan fingerprint density at radius 1 is 1.07 bits per heavy atom. The van der Waals surface area contributed by atoms with Crippen LogP contribution in [0, 0.1) is 6.92 Å². The first-order chi connectivity index (χ1) is 14.3. The lowest BCUT2D eigenvalue weighted by atomic mass is 10.1. The van der Waals surface area contributed by atoms with Gasteiger partial charge in [0.1, 0.15) is 11.6 Å². The fourth-order valence-corrected chi connectivity index (χ4v) is 2.89. The standard InChI is InChI=1S/C24H31N3O3/c1-19-8-10-21(11-9-19)16-27(18-29)26-23(25-4)7-5-6-20-12-14-22(15-13-20)30-24(2,3)17-28/h8-15,17-18H,5-7,16H2,1-4H3,(H,25,26). The second-order valence-electron chi connectivity index (χ2n) is 7.82. The van der Waals surface area contributed by atoms with Gasteiger partial charge in [-0.2, -0.15) is 0 Å². The molecule has 6 nitrogen and oxygen atoms in total. The Balaban J connectivity index is 1.82. The third kappa shape index (κ3) is 7.70. The van der Waals surface area contributed by atoms with Gasteiger partial charge in [-0.15, -0.1) is 0 Å². The molecule has 0 aliphatic rings. The van der Waals surface area contributed by atoms with E-state index in [0.29, 0.717) is 12.3 Å². The molecule has 0 fully saturated rings. The van der Waals surface area contributed by atoms with Crippen molar-refractivity contribution >= 4 is 18.5 Å². The van der Waals surface area contributed by atoms with Crippen LogP contribution >= 0.6 is 0 Å². The zero-order valence-electron chi connectivity index (χ0n) is 18.2. The van der Waals surface area contributed by atoms with Gasteiger partial charge < -0.3 is 4.74 Å². The molecule has 2 rings (SSSR count). The first-order valence-corrected chi connectivity index (χ1v) is 10.1. The predicted octanol–water partition coefficient (Wildman–Crippen LogP) is 3.87. The van der Waals surface area contributed by atoms with Gasteiger partial charge >= 0.3 is 0 Å². The maximum atomic E-state index is 11.5. The molecule has 0 aliphatic heterocycles. The first kappa shape index (κ1) is 23.1. The van der Waals surface area contributed by atoms with E-state index in [0.717, 1.165) is 43.4 Å². The largest absolute Gasteiger partial charge is 0.480 e. The highest BCUT2D eigenvalue weighted by atomic mass is 16.5. The summed E-state index contributed by atoms with van der Waals surface area (Å²) in [5, 5.41) is 1.51. The third-order valence-corrected chi connectivity index (χ3v) is 4.61. The summed E-state index contributed by atoms with van der Waals surface area (Å²) in [6, 6.07) is 15.8. The van der Waals surface area contributed by atoms with E-state index in [1.54, 1.807) is 20.9 Å². The number of hydrogen-bond donors (Lipinski definition) is 1. The maximum Gasteiger partial charge on any atom is 0.228 e. The van der Waals surface area contributed by atoms with Crippen molar-refractivity contribution in [3.05, 3.63) is 65.2 Å². The summed E-state index contributed by atoms with van der Waals surface area (Å²) in [7, 11) is 1.72. The van der Waals surface area contributed by atoms with E-state index in [9.17, 15) is 9.59 Å². The van der Waals surface area contributed by atoms with Crippen LogP contribution in [-0.4, -0.2) is 36.2 Å². The Bertz CT molecular complexity index is 843. The summed E-state index contributed by atoms with van der Waals surface area (Å²) >= 11 is 0. The Kier molecular flexibility index (Phi) is 8.59. The molecular weight excluding hydrogens is 378 g/mol. The fraction of sp³-hybridized carbons (Fsp3) is 0.375. The molecule has 1 N–H and O–H groups in total. The Hall–Kier alpha value is -3.15. The third-order valence-electron chi connectivity index (χ3n) is 4.61. The van der Waals surface area contributed by atoms with E-state index in [1.165, 1.54) is 16.1 Å². The summed E-state index contributed by atoms with van der Waals surface area (Å²) in [6.45, 7) is 5.97. The number of aldehydes is 1. The Labute approximate surface area is 178 Å². The van der Waals surface area contributed by atoms with E-state index in [-0.39, 0.29) is 0 Å². The number of aryl methyl sites for hydroxylation is 2. The summed E-state index contributed by atoms with van der Waals surface area (Å²) in [5.74, 6) is 1.44. The minimum Gasteiger partial charge on any atom is -0.480 e. The van der Waals surface area contributed by atoms with Gasteiger partial charge in [0.25, 0.3) is 0 Å². The first-order valence-electron chi connectivity index (χ1n) is 10.1. The van der Waals surface area contributed by atoms with Gasteiger partial charge in [0.15, 0.2) is 11.9 Å². The van der Waals surface area contributed by atoms with Gasteiger partial charge in [0.2, 0.25) is 6.41 Å². The summed E-state index contributed by atoms with van der Waals surface area (Å²) in [4.78, 5) is 26.7. The molecule has 0 radical (unpaired) electrons. The molecule has 30 heavy (non-hydrogen) atoms. The number of carbonyl (C=O) groups is 2. The van der Waals surface area contributed by atoms with Crippen molar-refractivity contribution in [2.24, 2.45) is 4.99 Å². The highest BCUT2D eigenvalue weighted by Gasteiger charge is 2.17. The number of rotatable bonds is 11. The lowest BCUT2D eigenvalue weighted by molar-refractivity contribution is -0.120. The number of benzene rings is 2. The molecule has 160 valence electrons.